The number of hydrogen-bond acceptors (Lipinski definition) is 2. The summed E-state index contributed by atoms with van der Waals surface area (Å²) in [5, 5.41) is 0. The van der Waals surface area contributed by atoms with E-state index in [2.05, 4.69) is 12.1 Å². The SMILES string of the molecule is Cl.N[C@@H](c1cccc(Oc2ccccc2)c1)C1CCCC1. The van der Waals surface area contributed by atoms with Crippen LogP contribution in [0.1, 0.15) is 37.3 Å². The van der Waals surface area contributed by atoms with Crippen molar-refractivity contribution < 1.29 is 4.74 Å². The number of ether oxygens (including phenoxy) is 1. The van der Waals surface area contributed by atoms with Crippen molar-refractivity contribution in [2.75, 3.05) is 0 Å². The molecular formula is C18H22ClNO. The van der Waals surface area contributed by atoms with Crippen LogP contribution in [0.2, 0.25) is 0 Å². The van der Waals surface area contributed by atoms with Gasteiger partial charge in [-0.2, -0.15) is 0 Å². The van der Waals surface area contributed by atoms with Crippen LogP contribution in [0.25, 0.3) is 0 Å². The second-order valence-corrected chi connectivity index (χ2v) is 5.56. The first-order chi connectivity index (χ1) is 9.83. The minimum Gasteiger partial charge on any atom is -0.457 e. The van der Waals surface area contributed by atoms with Crippen molar-refractivity contribution in [3.05, 3.63) is 60.2 Å². The molecule has 0 aliphatic heterocycles. The molecule has 1 aliphatic carbocycles. The Morgan fingerprint density at radius 1 is 0.905 bits per heavy atom. The second-order valence-electron chi connectivity index (χ2n) is 5.56. The molecule has 0 unspecified atom stereocenters. The minimum absolute atomic E-state index is 0. The molecule has 21 heavy (non-hydrogen) atoms. The number of halogens is 1. The molecule has 112 valence electrons. The summed E-state index contributed by atoms with van der Waals surface area (Å²) in [4.78, 5) is 0. The van der Waals surface area contributed by atoms with Gasteiger partial charge < -0.3 is 10.5 Å². The molecule has 0 aromatic heterocycles. The first kappa shape index (κ1) is 15.9. The quantitative estimate of drug-likeness (QED) is 0.853. The van der Waals surface area contributed by atoms with Gasteiger partial charge in [-0.15, -0.1) is 12.4 Å². The Balaban J connectivity index is 0.00000161. The molecule has 3 rings (SSSR count). The van der Waals surface area contributed by atoms with Gasteiger partial charge in [0.2, 0.25) is 0 Å². The van der Waals surface area contributed by atoms with Crippen LogP contribution in [-0.2, 0) is 0 Å². The van der Waals surface area contributed by atoms with Gasteiger partial charge in [-0.1, -0.05) is 43.2 Å². The van der Waals surface area contributed by atoms with Crippen LogP contribution in [-0.4, -0.2) is 0 Å². The molecule has 1 aliphatic rings. The number of rotatable bonds is 4. The van der Waals surface area contributed by atoms with E-state index in [0.717, 1.165) is 11.5 Å². The molecule has 0 heterocycles. The number of hydrogen-bond donors (Lipinski definition) is 1. The van der Waals surface area contributed by atoms with Gasteiger partial charge in [0.05, 0.1) is 0 Å². The van der Waals surface area contributed by atoms with Crippen molar-refractivity contribution in [3.63, 3.8) is 0 Å². The van der Waals surface area contributed by atoms with Crippen molar-refractivity contribution in [3.8, 4) is 11.5 Å². The molecule has 3 heteroatoms. The lowest BCUT2D eigenvalue weighted by Crippen LogP contribution is -2.18. The third kappa shape index (κ3) is 3.99. The molecule has 2 aromatic rings. The fraction of sp³-hybridized carbons (Fsp3) is 0.333. The molecule has 0 radical (unpaired) electrons. The van der Waals surface area contributed by atoms with E-state index in [1.807, 2.05) is 42.5 Å². The Morgan fingerprint density at radius 3 is 2.29 bits per heavy atom. The van der Waals surface area contributed by atoms with Crippen molar-refractivity contribution in [1.29, 1.82) is 0 Å². The van der Waals surface area contributed by atoms with Gasteiger partial charge in [-0.25, -0.2) is 0 Å². The molecule has 2 aromatic carbocycles. The smallest absolute Gasteiger partial charge is 0.127 e. The summed E-state index contributed by atoms with van der Waals surface area (Å²) in [5.41, 5.74) is 7.59. The predicted octanol–water partition coefficient (Wildman–Crippen LogP) is 5.09. The molecule has 2 N–H and O–H groups in total. The fourth-order valence-electron chi connectivity index (χ4n) is 3.00. The van der Waals surface area contributed by atoms with Gasteiger partial charge in [0.15, 0.2) is 0 Å². The summed E-state index contributed by atoms with van der Waals surface area (Å²) in [6.07, 6.45) is 5.15. The van der Waals surface area contributed by atoms with E-state index in [-0.39, 0.29) is 18.4 Å². The van der Waals surface area contributed by atoms with Gasteiger partial charge in [0.25, 0.3) is 0 Å². The van der Waals surface area contributed by atoms with Crippen LogP contribution in [0.3, 0.4) is 0 Å². The normalized spacial score (nSPS) is 16.2. The average molecular weight is 304 g/mol. The highest BCUT2D eigenvalue weighted by Gasteiger charge is 2.23. The number of para-hydroxylation sites is 1. The lowest BCUT2D eigenvalue weighted by molar-refractivity contribution is 0.440. The molecule has 1 fully saturated rings. The third-order valence-corrected chi connectivity index (χ3v) is 4.13. The first-order valence-corrected chi connectivity index (χ1v) is 7.41. The van der Waals surface area contributed by atoms with Gasteiger partial charge in [0, 0.05) is 6.04 Å². The van der Waals surface area contributed by atoms with Crippen LogP contribution in [0.15, 0.2) is 54.6 Å². The Hall–Kier alpha value is -1.51. The largest absolute Gasteiger partial charge is 0.457 e. The maximum Gasteiger partial charge on any atom is 0.127 e. The Morgan fingerprint density at radius 2 is 1.57 bits per heavy atom. The highest BCUT2D eigenvalue weighted by atomic mass is 35.5. The van der Waals surface area contributed by atoms with E-state index < -0.39 is 0 Å². The molecule has 0 amide bonds. The van der Waals surface area contributed by atoms with Gasteiger partial charge in [-0.05, 0) is 48.6 Å². The van der Waals surface area contributed by atoms with E-state index in [1.165, 1.54) is 31.2 Å². The molecule has 1 saturated carbocycles. The highest BCUT2D eigenvalue weighted by molar-refractivity contribution is 5.85. The van der Waals surface area contributed by atoms with Crippen LogP contribution in [0.4, 0.5) is 0 Å². The van der Waals surface area contributed by atoms with Gasteiger partial charge >= 0.3 is 0 Å². The van der Waals surface area contributed by atoms with E-state index >= 15 is 0 Å². The molecule has 0 spiro atoms. The van der Waals surface area contributed by atoms with Crippen molar-refractivity contribution in [1.82, 2.24) is 0 Å². The molecule has 0 bridgehead atoms. The van der Waals surface area contributed by atoms with Gasteiger partial charge in [-0.3, -0.25) is 0 Å². The monoisotopic (exact) mass is 303 g/mol. The molecule has 1 atom stereocenters. The topological polar surface area (TPSA) is 35.2 Å². The van der Waals surface area contributed by atoms with Gasteiger partial charge in [0.1, 0.15) is 11.5 Å². The molecular weight excluding hydrogens is 282 g/mol. The summed E-state index contributed by atoms with van der Waals surface area (Å²) in [6, 6.07) is 18.2. The van der Waals surface area contributed by atoms with Crippen LogP contribution < -0.4 is 10.5 Å². The van der Waals surface area contributed by atoms with Crippen LogP contribution >= 0.6 is 12.4 Å². The van der Waals surface area contributed by atoms with Crippen molar-refractivity contribution >= 4 is 12.4 Å². The zero-order valence-electron chi connectivity index (χ0n) is 12.1. The van der Waals surface area contributed by atoms with E-state index in [1.54, 1.807) is 0 Å². The number of benzene rings is 2. The van der Waals surface area contributed by atoms with E-state index in [9.17, 15) is 0 Å². The minimum atomic E-state index is 0. The molecule has 2 nitrogen and oxygen atoms in total. The lowest BCUT2D eigenvalue weighted by Gasteiger charge is -2.19. The maximum atomic E-state index is 6.41. The lowest BCUT2D eigenvalue weighted by atomic mass is 9.92. The summed E-state index contributed by atoms with van der Waals surface area (Å²) in [7, 11) is 0. The second kappa shape index (κ2) is 7.48. The molecule has 0 saturated heterocycles. The zero-order chi connectivity index (χ0) is 13.8. The third-order valence-electron chi connectivity index (χ3n) is 4.13. The van der Waals surface area contributed by atoms with Crippen LogP contribution in [0.5, 0.6) is 11.5 Å². The first-order valence-electron chi connectivity index (χ1n) is 7.41. The Bertz CT molecular complexity index is 552. The summed E-state index contributed by atoms with van der Waals surface area (Å²) < 4.78 is 5.88. The maximum absolute atomic E-state index is 6.41. The summed E-state index contributed by atoms with van der Waals surface area (Å²) in [5.74, 6) is 2.35. The van der Waals surface area contributed by atoms with E-state index in [0.29, 0.717) is 5.92 Å². The summed E-state index contributed by atoms with van der Waals surface area (Å²) in [6.45, 7) is 0. The fourth-order valence-corrected chi connectivity index (χ4v) is 3.00. The Kier molecular flexibility index (Phi) is 5.66. The zero-order valence-corrected chi connectivity index (χ0v) is 12.9. The van der Waals surface area contributed by atoms with Crippen molar-refractivity contribution in [2.24, 2.45) is 11.7 Å². The predicted molar refractivity (Wildman–Crippen MR) is 89.1 cm³/mol. The summed E-state index contributed by atoms with van der Waals surface area (Å²) >= 11 is 0. The van der Waals surface area contributed by atoms with Crippen LogP contribution in [0, 0.1) is 5.92 Å². The number of nitrogens with two attached hydrogens (primary N) is 1. The Labute approximate surface area is 132 Å². The average Bonchev–Trinajstić information content (AvgIpc) is 3.02. The standard InChI is InChI=1S/C18H21NO.ClH/c19-18(14-7-4-5-8-14)15-9-6-12-17(13-15)20-16-10-2-1-3-11-16;/h1-3,6,9-14,18H,4-5,7-8,19H2;1H/t18-;/m1./s1. The van der Waals surface area contributed by atoms with Crippen molar-refractivity contribution in [2.45, 2.75) is 31.7 Å². The highest BCUT2D eigenvalue weighted by Crippen LogP contribution is 2.35. The van der Waals surface area contributed by atoms with E-state index in [4.69, 9.17) is 10.5 Å².